The molecule has 0 bridgehead atoms. The monoisotopic (exact) mass is 1490 g/mol. The van der Waals surface area contributed by atoms with Crippen LogP contribution in [0.15, 0.2) is 122 Å². The second-order valence-corrected chi connectivity index (χ2v) is 30.1. The van der Waals surface area contributed by atoms with Crippen LogP contribution in [-0.4, -0.2) is 95.9 Å². The summed E-state index contributed by atoms with van der Waals surface area (Å²) in [6, 6.07) is 0. The Hall–Kier alpha value is -4.05. The summed E-state index contributed by atoms with van der Waals surface area (Å²) in [4.78, 5) is 58.5. The van der Waals surface area contributed by atoms with Crippen molar-refractivity contribution in [2.45, 2.75) is 360 Å². The number of hydrogen-bond donors (Lipinski definition) is 4. The van der Waals surface area contributed by atoms with Crippen molar-refractivity contribution in [3.8, 4) is 0 Å². The van der Waals surface area contributed by atoms with Crippen LogP contribution >= 0.6 is 15.6 Å². The summed E-state index contributed by atoms with van der Waals surface area (Å²) >= 11 is 0. The molecule has 0 aliphatic carbocycles. The van der Waals surface area contributed by atoms with Crippen LogP contribution in [-0.2, 0) is 55.8 Å². The van der Waals surface area contributed by atoms with E-state index in [0.717, 1.165) is 141 Å². The highest BCUT2D eigenvalue weighted by molar-refractivity contribution is 7.47. The summed E-state index contributed by atoms with van der Waals surface area (Å²) in [5, 5.41) is 20.6. The number of allylic oxidation sites excluding steroid dienone is 20. The molecular formula is C85H148O16P2. The number of rotatable bonds is 77. The zero-order valence-corrected chi connectivity index (χ0v) is 66.7. The average Bonchev–Trinajstić information content (AvgIpc) is 0.913. The minimum Gasteiger partial charge on any atom is -0.463 e. The Labute approximate surface area is 627 Å². The average molecular weight is 1490 g/mol. The van der Waals surface area contributed by atoms with Crippen LogP contribution in [0.5, 0.6) is 0 Å². The lowest BCUT2D eigenvalue weighted by Crippen LogP contribution is -2.30. The van der Waals surface area contributed by atoms with Crippen LogP contribution in [0.1, 0.15) is 342 Å². The summed E-state index contributed by atoms with van der Waals surface area (Å²) in [6.07, 6.45) is 92.8. The molecule has 5 atom stereocenters. The molecule has 0 amide bonds. The number of esters is 3. The van der Waals surface area contributed by atoms with E-state index in [1.165, 1.54) is 141 Å². The molecule has 0 rings (SSSR count). The first-order valence-corrected chi connectivity index (χ1v) is 43.8. The number of ether oxygens (including phenoxy) is 3. The van der Waals surface area contributed by atoms with Crippen molar-refractivity contribution in [2.75, 3.05) is 39.6 Å². The van der Waals surface area contributed by atoms with Crippen LogP contribution in [0.3, 0.4) is 0 Å². The van der Waals surface area contributed by atoms with E-state index in [4.69, 9.17) is 32.3 Å². The number of aliphatic hydroxyl groups excluding tert-OH is 2. The van der Waals surface area contributed by atoms with Gasteiger partial charge in [0.05, 0.1) is 26.4 Å². The molecule has 18 heteroatoms. The molecule has 0 aromatic carbocycles. The third-order valence-electron chi connectivity index (χ3n) is 17.1. The van der Waals surface area contributed by atoms with E-state index in [-0.39, 0.29) is 19.3 Å². The minimum absolute atomic E-state index is 0.0889. The zero-order chi connectivity index (χ0) is 75.2. The van der Waals surface area contributed by atoms with Crippen molar-refractivity contribution in [3.05, 3.63) is 122 Å². The molecule has 103 heavy (non-hydrogen) atoms. The fourth-order valence-corrected chi connectivity index (χ4v) is 12.5. The topological polar surface area (TPSA) is 231 Å². The first-order chi connectivity index (χ1) is 50.2. The summed E-state index contributed by atoms with van der Waals surface area (Å²) in [5.74, 6) is -1.60. The second-order valence-electron chi connectivity index (χ2n) is 27.2. The predicted molar refractivity (Wildman–Crippen MR) is 427 cm³/mol. The van der Waals surface area contributed by atoms with E-state index in [0.29, 0.717) is 19.3 Å². The smallest absolute Gasteiger partial charge is 0.463 e. The summed E-state index contributed by atoms with van der Waals surface area (Å²) in [6.45, 7) is 2.48. The Morgan fingerprint density at radius 2 is 0.524 bits per heavy atom. The molecule has 5 unspecified atom stereocenters. The van der Waals surface area contributed by atoms with Crippen molar-refractivity contribution in [1.82, 2.24) is 0 Å². The summed E-state index contributed by atoms with van der Waals surface area (Å²) in [7, 11) is -9.79. The number of phosphoric ester groups is 2. The van der Waals surface area contributed by atoms with Gasteiger partial charge in [-0.05, 0) is 128 Å². The molecule has 16 nitrogen and oxygen atoms in total. The zero-order valence-electron chi connectivity index (χ0n) is 65.0. The van der Waals surface area contributed by atoms with Crippen LogP contribution < -0.4 is 0 Å². The molecule has 4 N–H and O–H groups in total. The van der Waals surface area contributed by atoms with Crippen LogP contribution in [0.4, 0.5) is 0 Å². The molecule has 0 aromatic rings. The van der Waals surface area contributed by atoms with Gasteiger partial charge in [0.15, 0.2) is 6.10 Å². The maximum Gasteiger partial charge on any atom is 0.472 e. The number of phosphoric acid groups is 2. The Morgan fingerprint density at radius 3 is 0.854 bits per heavy atom. The number of hydrogen-bond acceptors (Lipinski definition) is 14. The standard InChI is InChI=1S/C85H148O16P2/c1-4-7-10-13-16-19-22-24-26-28-30-32-33-34-35-36-37-38-39-40-41-42-43-44-45-47-49-50-52-54-57-59-62-65-68-71-83(88)95-74-80(86)75-97-102(91,92)98-76-81(87)77-99-103(93,94)100-79-82(101-85(90)73-70-67-64-61-56-21-18-15-12-9-6-3)78-96-84(89)72-69-66-63-60-58-55-53-51-48-46-31-29-27-25-23-20-17-14-11-8-5-2/h7,10,15-20,24-27,30-32,34-35,46,51,53,80-82,86-87H,4-6,8-9,11-14,21-23,28-29,33,36-45,47-50,52,54-79H2,1-3H3,(H,91,92)(H,93,94)/b10-7-,18-15-,19-16-,20-17-,26-24-,27-25-,32-30-,35-34-,46-31-,53-51-. The van der Waals surface area contributed by atoms with Gasteiger partial charge in [-0.25, -0.2) is 9.13 Å². The number of aliphatic hydroxyl groups is 2. The molecule has 0 aliphatic rings. The number of carbonyl (C=O) groups is 3. The summed E-state index contributed by atoms with van der Waals surface area (Å²) < 4.78 is 61.0. The minimum atomic E-state index is -4.93. The van der Waals surface area contributed by atoms with E-state index < -0.39 is 91.5 Å². The lowest BCUT2D eigenvalue weighted by atomic mass is 10.0. The van der Waals surface area contributed by atoms with Crippen LogP contribution in [0, 0.1) is 0 Å². The Bertz CT molecular complexity index is 2360. The quantitative estimate of drug-likeness (QED) is 0.0146. The Balaban J connectivity index is 4.34. The first kappa shape index (κ1) is 98.9. The second kappa shape index (κ2) is 77.6. The number of carbonyl (C=O) groups excluding carboxylic acids is 3. The van der Waals surface area contributed by atoms with Gasteiger partial charge in [-0.2, -0.15) is 0 Å². The maximum atomic E-state index is 12.9. The highest BCUT2D eigenvalue weighted by Gasteiger charge is 2.29. The fraction of sp³-hybridized carbons (Fsp3) is 0.729. The van der Waals surface area contributed by atoms with Gasteiger partial charge in [-0.1, -0.05) is 316 Å². The number of unbranched alkanes of at least 4 members (excludes halogenated alkanes) is 34. The highest BCUT2D eigenvalue weighted by Crippen LogP contribution is 2.45. The van der Waals surface area contributed by atoms with E-state index >= 15 is 0 Å². The van der Waals surface area contributed by atoms with Crippen molar-refractivity contribution in [2.24, 2.45) is 0 Å². The van der Waals surface area contributed by atoms with E-state index in [1.807, 2.05) is 0 Å². The highest BCUT2D eigenvalue weighted by atomic mass is 31.2. The van der Waals surface area contributed by atoms with E-state index in [2.05, 4.69) is 142 Å². The van der Waals surface area contributed by atoms with Crippen molar-refractivity contribution < 1.29 is 75.8 Å². The third kappa shape index (κ3) is 78.8. The maximum absolute atomic E-state index is 12.9. The van der Waals surface area contributed by atoms with Gasteiger partial charge in [0.2, 0.25) is 0 Å². The molecule has 0 radical (unpaired) electrons. The van der Waals surface area contributed by atoms with Gasteiger partial charge in [0, 0.05) is 19.3 Å². The molecule has 0 aromatic heterocycles. The Kier molecular flexibility index (Phi) is 74.5. The Morgan fingerprint density at radius 1 is 0.282 bits per heavy atom. The van der Waals surface area contributed by atoms with Gasteiger partial charge in [0.1, 0.15) is 25.4 Å². The molecule has 594 valence electrons. The van der Waals surface area contributed by atoms with Crippen molar-refractivity contribution in [1.29, 1.82) is 0 Å². The molecular weight excluding hydrogens is 1340 g/mol. The normalized spacial score (nSPS) is 14.6. The predicted octanol–water partition coefficient (Wildman–Crippen LogP) is 24.1. The van der Waals surface area contributed by atoms with Gasteiger partial charge < -0.3 is 34.2 Å². The fourth-order valence-electron chi connectivity index (χ4n) is 10.9. The molecule has 0 heterocycles. The van der Waals surface area contributed by atoms with Crippen molar-refractivity contribution >= 4 is 33.6 Å². The van der Waals surface area contributed by atoms with E-state index in [1.54, 1.807) is 0 Å². The van der Waals surface area contributed by atoms with E-state index in [9.17, 15) is 43.5 Å². The molecule has 0 spiro atoms. The van der Waals surface area contributed by atoms with Gasteiger partial charge in [-0.15, -0.1) is 0 Å². The van der Waals surface area contributed by atoms with Crippen LogP contribution in [0.25, 0.3) is 0 Å². The van der Waals surface area contributed by atoms with Gasteiger partial charge in [0.25, 0.3) is 0 Å². The molecule has 0 saturated heterocycles. The first-order valence-electron chi connectivity index (χ1n) is 40.8. The lowest BCUT2D eigenvalue weighted by Gasteiger charge is -2.21. The van der Waals surface area contributed by atoms with Gasteiger partial charge in [-0.3, -0.25) is 32.5 Å². The van der Waals surface area contributed by atoms with Gasteiger partial charge >= 0.3 is 33.6 Å². The molecule has 0 fully saturated rings. The van der Waals surface area contributed by atoms with Crippen LogP contribution in [0.2, 0.25) is 0 Å². The third-order valence-corrected chi connectivity index (χ3v) is 19.0. The summed E-state index contributed by atoms with van der Waals surface area (Å²) in [5.41, 5.74) is 0. The molecule has 0 saturated carbocycles. The largest absolute Gasteiger partial charge is 0.472 e. The molecule has 0 aliphatic heterocycles. The SMILES string of the molecule is CC/C=C\C/C=C\C/C=C\C/C=C\C/C=C\CCCCCCCCCCCCCCCCCCCCCC(=O)OCC(O)COP(=O)(O)OCC(O)COP(=O)(O)OCC(COC(=O)CCCCCCC/C=C\C/C=C\C/C=C\C/C=C\CCCCC)OC(=O)CCCCCCC/C=C\CCCC. The van der Waals surface area contributed by atoms with Crippen molar-refractivity contribution in [3.63, 3.8) is 0 Å². The lowest BCUT2D eigenvalue weighted by molar-refractivity contribution is -0.161.